The van der Waals surface area contributed by atoms with E-state index in [0.29, 0.717) is 5.92 Å². The van der Waals surface area contributed by atoms with Gasteiger partial charge in [-0.15, -0.1) is 0 Å². The average molecular weight is 249 g/mol. The largest absolute Gasteiger partial charge is 0.288 e. The minimum atomic E-state index is 0.607. The van der Waals surface area contributed by atoms with Crippen LogP contribution in [0.25, 0.3) is 0 Å². The SMILES string of the molecule is CC1CC=C2C=NCC3=C2C(C1)c1ccccc1C3. The summed E-state index contributed by atoms with van der Waals surface area (Å²) in [5.41, 5.74) is 7.67. The summed E-state index contributed by atoms with van der Waals surface area (Å²) in [6, 6.07) is 9.01. The van der Waals surface area contributed by atoms with Crippen molar-refractivity contribution in [2.24, 2.45) is 10.9 Å². The van der Waals surface area contributed by atoms with Crippen molar-refractivity contribution in [3.8, 4) is 0 Å². The highest BCUT2D eigenvalue weighted by atomic mass is 14.7. The van der Waals surface area contributed by atoms with Crippen molar-refractivity contribution in [1.82, 2.24) is 0 Å². The second-order valence-corrected chi connectivity index (χ2v) is 6.15. The molecule has 1 heteroatoms. The number of fused-ring (bicyclic) bond motifs is 2. The third kappa shape index (κ3) is 1.72. The zero-order valence-corrected chi connectivity index (χ0v) is 11.4. The summed E-state index contributed by atoms with van der Waals surface area (Å²) in [5.74, 6) is 1.37. The molecule has 1 nitrogen and oxygen atoms in total. The topological polar surface area (TPSA) is 12.4 Å². The van der Waals surface area contributed by atoms with Gasteiger partial charge in [0, 0.05) is 12.1 Å². The molecule has 0 saturated carbocycles. The zero-order valence-electron chi connectivity index (χ0n) is 11.4. The van der Waals surface area contributed by atoms with E-state index in [9.17, 15) is 0 Å². The Hall–Kier alpha value is -1.63. The minimum Gasteiger partial charge on any atom is -0.288 e. The normalized spacial score (nSPS) is 28.4. The first-order chi connectivity index (χ1) is 9.33. The molecule has 1 aliphatic heterocycles. The molecule has 1 aromatic rings. The van der Waals surface area contributed by atoms with Gasteiger partial charge in [0.05, 0.1) is 6.54 Å². The molecule has 1 heterocycles. The Morgan fingerprint density at radius 2 is 2.11 bits per heavy atom. The number of benzene rings is 1. The molecule has 0 bridgehead atoms. The van der Waals surface area contributed by atoms with E-state index < -0.39 is 0 Å². The van der Waals surface area contributed by atoms with E-state index in [0.717, 1.165) is 18.9 Å². The van der Waals surface area contributed by atoms with Crippen LogP contribution in [0.2, 0.25) is 0 Å². The van der Waals surface area contributed by atoms with E-state index >= 15 is 0 Å². The van der Waals surface area contributed by atoms with Gasteiger partial charge in [0.25, 0.3) is 0 Å². The van der Waals surface area contributed by atoms with Crippen molar-refractivity contribution in [1.29, 1.82) is 0 Å². The van der Waals surface area contributed by atoms with Gasteiger partial charge < -0.3 is 0 Å². The Bertz CT molecular complexity index is 618. The van der Waals surface area contributed by atoms with E-state index in [1.165, 1.54) is 24.0 Å². The first-order valence-electron chi connectivity index (χ1n) is 7.33. The molecule has 2 unspecified atom stereocenters. The van der Waals surface area contributed by atoms with Gasteiger partial charge in [-0.1, -0.05) is 37.3 Å². The molecule has 0 saturated heterocycles. The Balaban J connectivity index is 1.91. The molecule has 2 aliphatic carbocycles. The molecule has 0 fully saturated rings. The van der Waals surface area contributed by atoms with Gasteiger partial charge in [0.15, 0.2) is 0 Å². The third-order valence-corrected chi connectivity index (χ3v) is 4.77. The monoisotopic (exact) mass is 249 g/mol. The van der Waals surface area contributed by atoms with Gasteiger partial charge in [-0.05, 0) is 53.0 Å². The Morgan fingerprint density at radius 3 is 3.05 bits per heavy atom. The maximum Gasteiger partial charge on any atom is 0.0609 e. The summed E-state index contributed by atoms with van der Waals surface area (Å²) in [6.07, 6.45) is 8.10. The quantitative estimate of drug-likeness (QED) is 0.657. The number of allylic oxidation sites excluding steroid dienone is 3. The molecule has 2 atom stereocenters. The van der Waals surface area contributed by atoms with E-state index in [1.54, 1.807) is 16.7 Å². The van der Waals surface area contributed by atoms with Crippen LogP contribution in [-0.2, 0) is 6.42 Å². The van der Waals surface area contributed by atoms with Crippen LogP contribution in [-0.4, -0.2) is 12.8 Å². The van der Waals surface area contributed by atoms with Gasteiger partial charge in [-0.3, -0.25) is 4.99 Å². The molecule has 0 N–H and O–H groups in total. The second-order valence-electron chi connectivity index (χ2n) is 6.15. The molecule has 4 rings (SSSR count). The van der Waals surface area contributed by atoms with Crippen molar-refractivity contribution < 1.29 is 0 Å². The van der Waals surface area contributed by atoms with Crippen LogP contribution in [0.5, 0.6) is 0 Å². The molecule has 96 valence electrons. The number of hydrogen-bond acceptors (Lipinski definition) is 1. The molecule has 0 radical (unpaired) electrons. The van der Waals surface area contributed by atoms with Crippen molar-refractivity contribution in [3.05, 3.63) is 58.2 Å². The van der Waals surface area contributed by atoms with Crippen LogP contribution in [0.3, 0.4) is 0 Å². The van der Waals surface area contributed by atoms with Crippen molar-refractivity contribution in [2.75, 3.05) is 6.54 Å². The maximum absolute atomic E-state index is 4.57. The standard InChI is InChI=1S/C18H19N/c1-12-6-7-14-10-19-11-15-9-13-4-2-3-5-16(13)17(8-12)18(14)15/h2-5,7,10,12,17H,6,8-9,11H2,1H3. The molecular formula is C18H19N. The second kappa shape index (κ2) is 4.19. The third-order valence-electron chi connectivity index (χ3n) is 4.77. The van der Waals surface area contributed by atoms with Gasteiger partial charge in [-0.25, -0.2) is 0 Å². The summed E-state index contributed by atoms with van der Waals surface area (Å²) in [6.45, 7) is 3.29. The molecule has 0 spiro atoms. The fourth-order valence-electron chi connectivity index (χ4n) is 3.87. The van der Waals surface area contributed by atoms with Crippen LogP contribution in [0.15, 0.2) is 52.1 Å². The van der Waals surface area contributed by atoms with Crippen LogP contribution in [0, 0.1) is 5.92 Å². The molecule has 0 amide bonds. The lowest BCUT2D eigenvalue weighted by Gasteiger charge is -2.33. The number of aliphatic imine (C=N–C) groups is 1. The highest BCUT2D eigenvalue weighted by molar-refractivity contribution is 5.88. The first kappa shape index (κ1) is 11.2. The summed E-state index contributed by atoms with van der Waals surface area (Å²) >= 11 is 0. The molecular weight excluding hydrogens is 230 g/mol. The lowest BCUT2D eigenvalue weighted by Crippen LogP contribution is -2.20. The van der Waals surface area contributed by atoms with Gasteiger partial charge in [0.2, 0.25) is 0 Å². The van der Waals surface area contributed by atoms with Crippen molar-refractivity contribution in [2.45, 2.75) is 32.1 Å². The number of nitrogens with zero attached hydrogens (tertiary/aromatic N) is 1. The van der Waals surface area contributed by atoms with Gasteiger partial charge >= 0.3 is 0 Å². The maximum atomic E-state index is 4.57. The lowest BCUT2D eigenvalue weighted by atomic mass is 9.73. The van der Waals surface area contributed by atoms with Crippen LogP contribution >= 0.6 is 0 Å². The average Bonchev–Trinajstić information content (AvgIpc) is 2.60. The van der Waals surface area contributed by atoms with Crippen LogP contribution in [0.1, 0.15) is 36.8 Å². The van der Waals surface area contributed by atoms with Gasteiger partial charge in [-0.2, -0.15) is 0 Å². The fourth-order valence-corrected chi connectivity index (χ4v) is 3.87. The molecule has 1 aromatic carbocycles. The zero-order chi connectivity index (χ0) is 12.8. The highest BCUT2D eigenvalue weighted by Gasteiger charge is 2.32. The summed E-state index contributed by atoms with van der Waals surface area (Å²) in [4.78, 5) is 4.57. The molecule has 3 aliphatic rings. The lowest BCUT2D eigenvalue weighted by molar-refractivity contribution is 0.505. The summed E-state index contributed by atoms with van der Waals surface area (Å²) < 4.78 is 0. The Morgan fingerprint density at radius 1 is 1.21 bits per heavy atom. The number of hydrogen-bond donors (Lipinski definition) is 0. The first-order valence-corrected chi connectivity index (χ1v) is 7.33. The Kier molecular flexibility index (Phi) is 2.48. The number of rotatable bonds is 0. The van der Waals surface area contributed by atoms with E-state index in [1.807, 2.05) is 0 Å². The molecule has 0 aromatic heterocycles. The number of dihydropyridines is 1. The van der Waals surface area contributed by atoms with Crippen molar-refractivity contribution in [3.63, 3.8) is 0 Å². The summed E-state index contributed by atoms with van der Waals surface area (Å²) in [7, 11) is 0. The summed E-state index contributed by atoms with van der Waals surface area (Å²) in [5, 5.41) is 0. The van der Waals surface area contributed by atoms with Gasteiger partial charge in [0.1, 0.15) is 0 Å². The van der Waals surface area contributed by atoms with Crippen LogP contribution in [0.4, 0.5) is 0 Å². The minimum absolute atomic E-state index is 0.607. The predicted molar refractivity (Wildman–Crippen MR) is 79.8 cm³/mol. The highest BCUT2D eigenvalue weighted by Crippen LogP contribution is 2.46. The molecule has 19 heavy (non-hydrogen) atoms. The van der Waals surface area contributed by atoms with E-state index in [4.69, 9.17) is 0 Å². The predicted octanol–water partition coefficient (Wildman–Crippen LogP) is 4.06. The van der Waals surface area contributed by atoms with E-state index in [-0.39, 0.29) is 0 Å². The van der Waals surface area contributed by atoms with E-state index in [2.05, 4.69) is 48.5 Å². The fraction of sp³-hybridized carbons (Fsp3) is 0.389. The smallest absolute Gasteiger partial charge is 0.0609 e. The van der Waals surface area contributed by atoms with Crippen LogP contribution < -0.4 is 0 Å². The van der Waals surface area contributed by atoms with Crippen molar-refractivity contribution >= 4 is 6.21 Å². The Labute approximate surface area is 114 Å².